The van der Waals surface area contributed by atoms with Gasteiger partial charge in [0.2, 0.25) is 0 Å². The summed E-state index contributed by atoms with van der Waals surface area (Å²) in [6.45, 7) is 18.4. The average molecular weight is 317 g/mol. The molecule has 0 aromatic carbocycles. The van der Waals surface area contributed by atoms with Crippen molar-refractivity contribution in [1.82, 2.24) is 9.80 Å². The Labute approximate surface area is 138 Å². The molecule has 1 saturated carbocycles. The topological polar surface area (TPSA) is 6.48 Å². The van der Waals surface area contributed by atoms with Gasteiger partial charge in [-0.1, -0.05) is 12.8 Å². The van der Waals surface area contributed by atoms with Crippen LogP contribution in [0.5, 0.6) is 0 Å². The van der Waals surface area contributed by atoms with Crippen LogP contribution in [0.1, 0.15) is 81.1 Å². The highest BCUT2D eigenvalue weighted by molar-refractivity contribution is 6.24. The third-order valence-electron chi connectivity index (χ3n) is 4.86. The molecule has 1 aliphatic rings. The first-order valence-corrected chi connectivity index (χ1v) is 9.25. The van der Waals surface area contributed by atoms with E-state index in [4.69, 9.17) is 11.6 Å². The van der Waals surface area contributed by atoms with E-state index in [1.54, 1.807) is 0 Å². The van der Waals surface area contributed by atoms with Gasteiger partial charge in [-0.25, -0.2) is 0 Å². The van der Waals surface area contributed by atoms with Gasteiger partial charge >= 0.3 is 0 Å². The molecule has 0 aromatic heterocycles. The van der Waals surface area contributed by atoms with Crippen LogP contribution in [0.3, 0.4) is 0 Å². The largest absolute Gasteiger partial charge is 0.293 e. The minimum absolute atomic E-state index is 0.227. The minimum atomic E-state index is -0.227. The number of nitrogens with zero attached hydrogens (tertiary/aromatic N) is 2. The predicted molar refractivity (Wildman–Crippen MR) is 95.1 cm³/mol. The van der Waals surface area contributed by atoms with Crippen molar-refractivity contribution in [2.45, 2.75) is 116 Å². The fourth-order valence-corrected chi connectivity index (χ4v) is 5.29. The molecule has 2 nitrogen and oxygen atoms in total. The van der Waals surface area contributed by atoms with Crippen LogP contribution in [-0.2, 0) is 0 Å². The SMILES string of the molecule is CC(C)N(C(C)C)C1CCCCC1(Cl)N(C(C)C)C(C)C. The molecule has 21 heavy (non-hydrogen) atoms. The van der Waals surface area contributed by atoms with Gasteiger partial charge in [-0.3, -0.25) is 9.80 Å². The lowest BCUT2D eigenvalue weighted by Crippen LogP contribution is -2.65. The number of alkyl halides is 1. The summed E-state index contributed by atoms with van der Waals surface area (Å²) >= 11 is 7.36. The molecule has 0 heterocycles. The van der Waals surface area contributed by atoms with Gasteiger partial charge in [-0.05, 0) is 68.2 Å². The van der Waals surface area contributed by atoms with E-state index in [-0.39, 0.29) is 5.00 Å². The highest BCUT2D eigenvalue weighted by Crippen LogP contribution is 2.43. The maximum absolute atomic E-state index is 7.36. The molecule has 0 spiro atoms. The van der Waals surface area contributed by atoms with Crippen LogP contribution in [0, 0.1) is 0 Å². The van der Waals surface area contributed by atoms with Crippen LogP contribution in [0.4, 0.5) is 0 Å². The van der Waals surface area contributed by atoms with E-state index in [1.807, 2.05) is 0 Å². The summed E-state index contributed by atoms with van der Waals surface area (Å²) in [5, 5.41) is 0. The lowest BCUT2D eigenvalue weighted by molar-refractivity contribution is -0.0366. The third-order valence-corrected chi connectivity index (χ3v) is 5.50. The van der Waals surface area contributed by atoms with Crippen molar-refractivity contribution in [3.05, 3.63) is 0 Å². The van der Waals surface area contributed by atoms with E-state index in [9.17, 15) is 0 Å². The Morgan fingerprint density at radius 3 is 1.67 bits per heavy atom. The van der Waals surface area contributed by atoms with E-state index in [0.717, 1.165) is 6.42 Å². The zero-order chi connectivity index (χ0) is 16.4. The average Bonchev–Trinajstić information content (AvgIpc) is 2.29. The molecule has 0 N–H and O–H groups in total. The van der Waals surface area contributed by atoms with Crippen LogP contribution in [-0.4, -0.2) is 45.0 Å². The molecule has 0 aromatic rings. The molecule has 1 aliphatic carbocycles. The molecule has 1 fully saturated rings. The number of hydrogen-bond acceptors (Lipinski definition) is 2. The number of rotatable bonds is 6. The normalized spacial score (nSPS) is 27.9. The van der Waals surface area contributed by atoms with Crippen LogP contribution < -0.4 is 0 Å². The van der Waals surface area contributed by atoms with E-state index in [1.165, 1.54) is 19.3 Å². The maximum atomic E-state index is 7.36. The Bertz CT molecular complexity index is 298. The van der Waals surface area contributed by atoms with Crippen LogP contribution in [0.25, 0.3) is 0 Å². The molecular weight excluding hydrogens is 280 g/mol. The van der Waals surface area contributed by atoms with Crippen molar-refractivity contribution in [2.75, 3.05) is 0 Å². The molecule has 0 amide bonds. The second-order valence-electron chi connectivity index (χ2n) is 7.81. The smallest absolute Gasteiger partial charge is 0.112 e. The second kappa shape index (κ2) is 7.66. The number of halogens is 1. The lowest BCUT2D eigenvalue weighted by Gasteiger charge is -2.55. The van der Waals surface area contributed by atoms with Gasteiger partial charge in [-0.15, -0.1) is 11.6 Å². The Kier molecular flexibility index (Phi) is 7.02. The van der Waals surface area contributed by atoms with Crippen LogP contribution in [0.15, 0.2) is 0 Å². The first-order valence-electron chi connectivity index (χ1n) is 8.87. The van der Waals surface area contributed by atoms with Crippen molar-refractivity contribution in [3.63, 3.8) is 0 Å². The number of hydrogen-bond donors (Lipinski definition) is 0. The summed E-state index contributed by atoms with van der Waals surface area (Å²) in [6, 6.07) is 2.46. The molecule has 0 radical (unpaired) electrons. The Morgan fingerprint density at radius 2 is 1.29 bits per heavy atom. The molecule has 0 saturated heterocycles. The summed E-state index contributed by atoms with van der Waals surface area (Å²) in [4.78, 5) is 4.97. The van der Waals surface area contributed by atoms with E-state index in [0.29, 0.717) is 30.2 Å². The fourth-order valence-electron chi connectivity index (χ4n) is 4.55. The highest BCUT2D eigenvalue weighted by Gasteiger charge is 2.49. The van der Waals surface area contributed by atoms with Gasteiger partial charge in [-0.2, -0.15) is 0 Å². The first-order chi connectivity index (χ1) is 9.62. The van der Waals surface area contributed by atoms with Gasteiger partial charge < -0.3 is 0 Å². The molecule has 3 heteroatoms. The molecule has 126 valence electrons. The molecule has 0 aliphatic heterocycles. The van der Waals surface area contributed by atoms with Gasteiger partial charge in [0.1, 0.15) is 5.00 Å². The Hall–Kier alpha value is 0.210. The standard InChI is InChI=1S/C18H37ClN2/c1-13(2)20(14(3)4)17-11-9-10-12-18(17,19)21(15(5)6)16(7)8/h13-17H,9-12H2,1-8H3. The fraction of sp³-hybridized carbons (Fsp3) is 1.00. The molecule has 0 bridgehead atoms. The predicted octanol–water partition coefficient (Wildman–Crippen LogP) is 5.10. The van der Waals surface area contributed by atoms with Crippen molar-refractivity contribution in [3.8, 4) is 0 Å². The minimum Gasteiger partial charge on any atom is -0.293 e. The zero-order valence-corrected chi connectivity index (χ0v) is 16.2. The van der Waals surface area contributed by atoms with Gasteiger partial charge in [0, 0.05) is 30.2 Å². The van der Waals surface area contributed by atoms with Crippen molar-refractivity contribution < 1.29 is 0 Å². The quantitative estimate of drug-likeness (QED) is 0.497. The summed E-state index contributed by atoms with van der Waals surface area (Å²) in [5.74, 6) is 0. The van der Waals surface area contributed by atoms with Gasteiger partial charge in [0.15, 0.2) is 0 Å². The van der Waals surface area contributed by atoms with E-state index < -0.39 is 0 Å². The van der Waals surface area contributed by atoms with Crippen LogP contribution >= 0.6 is 11.6 Å². The maximum Gasteiger partial charge on any atom is 0.112 e. The molecule has 2 unspecified atom stereocenters. The monoisotopic (exact) mass is 316 g/mol. The third kappa shape index (κ3) is 4.14. The van der Waals surface area contributed by atoms with Gasteiger partial charge in [0.05, 0.1) is 0 Å². The summed E-state index contributed by atoms with van der Waals surface area (Å²) in [6.07, 6.45) is 4.88. The van der Waals surface area contributed by atoms with Crippen LogP contribution in [0.2, 0.25) is 0 Å². The highest BCUT2D eigenvalue weighted by atomic mass is 35.5. The van der Waals surface area contributed by atoms with Crippen molar-refractivity contribution >= 4 is 11.6 Å². The summed E-state index contributed by atoms with van der Waals surface area (Å²) < 4.78 is 0. The summed E-state index contributed by atoms with van der Waals surface area (Å²) in [5.41, 5.74) is 0. The second-order valence-corrected chi connectivity index (χ2v) is 8.46. The lowest BCUT2D eigenvalue weighted by atomic mass is 9.84. The molecule has 1 rings (SSSR count). The molecular formula is C18H37ClN2. The van der Waals surface area contributed by atoms with E-state index in [2.05, 4.69) is 65.2 Å². The van der Waals surface area contributed by atoms with Crippen molar-refractivity contribution in [2.24, 2.45) is 0 Å². The van der Waals surface area contributed by atoms with Crippen molar-refractivity contribution in [1.29, 1.82) is 0 Å². The first kappa shape index (κ1) is 19.3. The molecule has 2 atom stereocenters. The Morgan fingerprint density at radius 1 is 0.810 bits per heavy atom. The van der Waals surface area contributed by atoms with Gasteiger partial charge in [0.25, 0.3) is 0 Å². The zero-order valence-electron chi connectivity index (χ0n) is 15.5. The van der Waals surface area contributed by atoms with E-state index >= 15 is 0 Å². The summed E-state index contributed by atoms with van der Waals surface area (Å²) in [7, 11) is 0. The Balaban J connectivity index is 3.19.